The number of hydrogen-bond donors (Lipinski definition) is 1. The zero-order valence-electron chi connectivity index (χ0n) is 17.0. The van der Waals surface area contributed by atoms with Crippen LogP contribution in [-0.4, -0.2) is 18.5 Å². The van der Waals surface area contributed by atoms with Crippen molar-refractivity contribution >= 4 is 17.6 Å². The zero-order chi connectivity index (χ0) is 21.2. The van der Waals surface area contributed by atoms with Crippen molar-refractivity contribution < 1.29 is 19.1 Å². The van der Waals surface area contributed by atoms with E-state index in [9.17, 15) is 9.59 Å². The van der Waals surface area contributed by atoms with E-state index < -0.39 is 5.97 Å². The molecule has 30 heavy (non-hydrogen) atoms. The molecule has 3 rings (SSSR count). The highest BCUT2D eigenvalue weighted by molar-refractivity contribution is 5.95. The van der Waals surface area contributed by atoms with Gasteiger partial charge in [-0.05, 0) is 60.9 Å². The number of carbonyl (C=O) groups excluding carboxylic acids is 2. The Balaban J connectivity index is 1.50. The van der Waals surface area contributed by atoms with Gasteiger partial charge >= 0.3 is 5.97 Å². The maximum atomic E-state index is 12.3. The van der Waals surface area contributed by atoms with Gasteiger partial charge in [0, 0.05) is 5.69 Å². The van der Waals surface area contributed by atoms with Gasteiger partial charge in [-0.1, -0.05) is 49.7 Å². The predicted octanol–water partition coefficient (Wildman–Crippen LogP) is 5.62. The molecular weight excluding hydrogens is 378 g/mol. The molecule has 0 aliphatic rings. The van der Waals surface area contributed by atoms with E-state index in [0.29, 0.717) is 22.7 Å². The topological polar surface area (TPSA) is 64.6 Å². The van der Waals surface area contributed by atoms with Crippen molar-refractivity contribution in [2.24, 2.45) is 0 Å². The molecule has 0 fully saturated rings. The van der Waals surface area contributed by atoms with E-state index in [1.807, 2.05) is 54.6 Å². The normalized spacial score (nSPS) is 10.3. The third-order valence-electron chi connectivity index (χ3n) is 4.44. The number of rotatable bonds is 9. The molecule has 0 aromatic heterocycles. The van der Waals surface area contributed by atoms with Gasteiger partial charge in [0.15, 0.2) is 6.61 Å². The smallest absolute Gasteiger partial charge is 0.338 e. The first-order chi connectivity index (χ1) is 14.6. The van der Waals surface area contributed by atoms with Crippen LogP contribution in [-0.2, 0) is 16.0 Å². The molecule has 0 saturated carbocycles. The van der Waals surface area contributed by atoms with Gasteiger partial charge in [-0.15, -0.1) is 0 Å². The lowest BCUT2D eigenvalue weighted by Crippen LogP contribution is -2.20. The summed E-state index contributed by atoms with van der Waals surface area (Å²) in [6.07, 6.45) is 3.31. The quantitative estimate of drug-likeness (QED) is 0.471. The number of carbonyl (C=O) groups is 2. The molecular formula is C25H25NO4. The summed E-state index contributed by atoms with van der Waals surface area (Å²) in [6.45, 7) is 1.79. The maximum Gasteiger partial charge on any atom is 0.338 e. The van der Waals surface area contributed by atoms with E-state index in [2.05, 4.69) is 12.2 Å². The van der Waals surface area contributed by atoms with Gasteiger partial charge in [0.05, 0.1) is 5.56 Å². The fourth-order valence-electron chi connectivity index (χ4n) is 2.86. The van der Waals surface area contributed by atoms with E-state index >= 15 is 0 Å². The third-order valence-corrected chi connectivity index (χ3v) is 4.44. The average Bonchev–Trinajstić information content (AvgIpc) is 2.78. The minimum absolute atomic E-state index is 0.316. The van der Waals surface area contributed by atoms with Crippen molar-refractivity contribution in [3.8, 4) is 11.5 Å². The van der Waals surface area contributed by atoms with Crippen molar-refractivity contribution in [2.45, 2.75) is 26.2 Å². The lowest BCUT2D eigenvalue weighted by Gasteiger charge is -2.09. The Kier molecular flexibility index (Phi) is 7.61. The molecule has 3 aromatic carbocycles. The number of ether oxygens (including phenoxy) is 2. The van der Waals surface area contributed by atoms with Crippen LogP contribution in [0.25, 0.3) is 0 Å². The van der Waals surface area contributed by atoms with Crippen molar-refractivity contribution in [2.75, 3.05) is 11.9 Å². The van der Waals surface area contributed by atoms with Gasteiger partial charge in [-0.25, -0.2) is 4.79 Å². The van der Waals surface area contributed by atoms with E-state index in [1.54, 1.807) is 24.3 Å². The molecule has 1 amide bonds. The molecule has 0 saturated heterocycles. The molecule has 0 radical (unpaired) electrons. The second kappa shape index (κ2) is 10.8. The van der Waals surface area contributed by atoms with Gasteiger partial charge in [0.25, 0.3) is 5.91 Å². The minimum Gasteiger partial charge on any atom is -0.457 e. The Hall–Kier alpha value is -3.60. The van der Waals surface area contributed by atoms with Crippen LogP contribution in [0.4, 0.5) is 5.69 Å². The van der Waals surface area contributed by atoms with Gasteiger partial charge in [0.1, 0.15) is 11.5 Å². The Bertz CT molecular complexity index is 968. The van der Waals surface area contributed by atoms with Gasteiger partial charge in [-0.3, -0.25) is 4.79 Å². The lowest BCUT2D eigenvalue weighted by molar-refractivity contribution is -0.119. The summed E-state index contributed by atoms with van der Waals surface area (Å²) >= 11 is 0. The second-order valence-electron chi connectivity index (χ2n) is 6.87. The van der Waals surface area contributed by atoms with Crippen molar-refractivity contribution in [3.05, 3.63) is 90.0 Å². The molecule has 0 atom stereocenters. The van der Waals surface area contributed by atoms with Crippen LogP contribution in [0.15, 0.2) is 78.9 Å². The molecule has 0 bridgehead atoms. The predicted molar refractivity (Wildman–Crippen MR) is 117 cm³/mol. The number of anilines is 1. The number of nitrogens with one attached hydrogen (secondary N) is 1. The van der Waals surface area contributed by atoms with E-state index in [1.165, 1.54) is 5.56 Å². The summed E-state index contributed by atoms with van der Waals surface area (Å²) in [5, 5.41) is 2.74. The maximum absolute atomic E-state index is 12.3. The molecule has 0 aliphatic carbocycles. The fourth-order valence-corrected chi connectivity index (χ4v) is 2.86. The van der Waals surface area contributed by atoms with Crippen LogP contribution >= 0.6 is 0 Å². The lowest BCUT2D eigenvalue weighted by atomic mass is 10.1. The van der Waals surface area contributed by atoms with Gasteiger partial charge < -0.3 is 14.8 Å². The Morgan fingerprint density at radius 1 is 0.867 bits per heavy atom. The highest BCUT2D eigenvalue weighted by Crippen LogP contribution is 2.22. The van der Waals surface area contributed by atoms with Crippen LogP contribution in [0.3, 0.4) is 0 Å². The standard InChI is InChI=1S/C25H25NO4/c1-2-3-8-19-13-15-21(16-14-19)26-24(27)18-29-25(28)20-9-7-12-23(17-20)30-22-10-5-4-6-11-22/h4-7,9-17H,2-3,8,18H2,1H3,(H,26,27). The van der Waals surface area contributed by atoms with Crippen molar-refractivity contribution in [1.29, 1.82) is 0 Å². The monoisotopic (exact) mass is 403 g/mol. The largest absolute Gasteiger partial charge is 0.457 e. The van der Waals surface area contributed by atoms with Gasteiger partial charge in [0.2, 0.25) is 0 Å². The Morgan fingerprint density at radius 2 is 1.60 bits per heavy atom. The van der Waals surface area contributed by atoms with Crippen LogP contribution in [0.2, 0.25) is 0 Å². The van der Waals surface area contributed by atoms with E-state index in [-0.39, 0.29) is 12.5 Å². The number of amides is 1. The number of hydrogen-bond acceptors (Lipinski definition) is 4. The van der Waals surface area contributed by atoms with E-state index in [0.717, 1.165) is 19.3 Å². The molecule has 0 spiro atoms. The fraction of sp³-hybridized carbons (Fsp3) is 0.200. The van der Waals surface area contributed by atoms with Crippen LogP contribution in [0, 0.1) is 0 Å². The summed E-state index contributed by atoms with van der Waals surface area (Å²) in [5.41, 5.74) is 2.23. The van der Waals surface area contributed by atoms with Crippen LogP contribution < -0.4 is 10.1 Å². The van der Waals surface area contributed by atoms with Crippen LogP contribution in [0.1, 0.15) is 35.7 Å². The minimum atomic E-state index is -0.585. The zero-order valence-corrected chi connectivity index (χ0v) is 17.0. The molecule has 3 aromatic rings. The molecule has 0 unspecified atom stereocenters. The molecule has 0 heterocycles. The summed E-state index contributed by atoms with van der Waals surface area (Å²) in [4.78, 5) is 24.4. The molecule has 5 nitrogen and oxygen atoms in total. The highest BCUT2D eigenvalue weighted by atomic mass is 16.5. The molecule has 0 aliphatic heterocycles. The Morgan fingerprint density at radius 3 is 2.33 bits per heavy atom. The number of unbranched alkanes of at least 4 members (excludes halogenated alkanes) is 1. The average molecular weight is 403 g/mol. The molecule has 154 valence electrons. The number of aryl methyl sites for hydroxylation is 1. The van der Waals surface area contributed by atoms with Gasteiger partial charge in [-0.2, -0.15) is 0 Å². The first kappa shape index (κ1) is 21.1. The molecule has 1 N–H and O–H groups in total. The van der Waals surface area contributed by atoms with E-state index in [4.69, 9.17) is 9.47 Å². The summed E-state index contributed by atoms with van der Waals surface area (Å²) in [6, 6.07) is 23.6. The first-order valence-electron chi connectivity index (χ1n) is 10.0. The second-order valence-corrected chi connectivity index (χ2v) is 6.87. The number of para-hydroxylation sites is 1. The van der Waals surface area contributed by atoms with Crippen molar-refractivity contribution in [3.63, 3.8) is 0 Å². The first-order valence-corrected chi connectivity index (χ1v) is 10.0. The summed E-state index contributed by atoms with van der Waals surface area (Å²) in [7, 11) is 0. The number of esters is 1. The Labute approximate surface area is 176 Å². The highest BCUT2D eigenvalue weighted by Gasteiger charge is 2.12. The SMILES string of the molecule is CCCCc1ccc(NC(=O)COC(=O)c2cccc(Oc3ccccc3)c2)cc1. The number of benzene rings is 3. The summed E-state index contributed by atoms with van der Waals surface area (Å²) in [5.74, 6) is 0.214. The van der Waals surface area contributed by atoms with Crippen LogP contribution in [0.5, 0.6) is 11.5 Å². The third kappa shape index (κ3) is 6.48. The molecule has 5 heteroatoms. The van der Waals surface area contributed by atoms with Crippen molar-refractivity contribution in [1.82, 2.24) is 0 Å². The summed E-state index contributed by atoms with van der Waals surface area (Å²) < 4.78 is 10.9.